The van der Waals surface area contributed by atoms with Crippen molar-refractivity contribution in [2.45, 2.75) is 31.3 Å². The van der Waals surface area contributed by atoms with Crippen molar-refractivity contribution in [3.8, 4) is 0 Å². The van der Waals surface area contributed by atoms with E-state index in [4.69, 9.17) is 9.90 Å². The largest absolute Gasteiger partial charge is 0.490 e. The summed E-state index contributed by atoms with van der Waals surface area (Å²) in [6.07, 6.45) is -3.06. The van der Waals surface area contributed by atoms with Crippen molar-refractivity contribution in [2.24, 2.45) is 0 Å². The van der Waals surface area contributed by atoms with Gasteiger partial charge in [0.1, 0.15) is 11.5 Å². The summed E-state index contributed by atoms with van der Waals surface area (Å²) in [5.74, 6) is -2.95. The molecule has 180 valence electrons. The van der Waals surface area contributed by atoms with Crippen LogP contribution in [0.3, 0.4) is 0 Å². The molecule has 2 unspecified atom stereocenters. The van der Waals surface area contributed by atoms with Gasteiger partial charge in [0.05, 0.1) is 12.1 Å². The van der Waals surface area contributed by atoms with E-state index in [-0.39, 0.29) is 23.8 Å². The Labute approximate surface area is 196 Å². The number of alkyl halides is 3. The molecule has 1 fully saturated rings. The summed E-state index contributed by atoms with van der Waals surface area (Å²) in [6.45, 7) is 3.20. The van der Waals surface area contributed by atoms with E-state index in [0.717, 1.165) is 30.9 Å². The predicted octanol–water partition coefficient (Wildman–Crippen LogP) is 4.40. The number of benzene rings is 1. The highest BCUT2D eigenvalue weighted by Crippen LogP contribution is 2.35. The van der Waals surface area contributed by atoms with Crippen LogP contribution in [-0.4, -0.2) is 56.7 Å². The number of carbonyl (C=O) groups excluding carboxylic acids is 1. The Hall–Kier alpha value is -3.18. The standard InChI is InChI=1S/C21H20FN3OS.C2HF3O2/c22-17-5-3-15(4-6-17)11-25-20-13-23(10-16-7-9-27-14-16)12-19(20)24-8-1-2-18(24)21(25)26;3-2(4,5)1(6)7/h1-9,14,19-20H,10-13H2;(H,6,7). The fourth-order valence-electron chi connectivity index (χ4n) is 4.33. The number of aromatic nitrogens is 1. The number of likely N-dealkylation sites (tertiary alicyclic amines) is 1. The van der Waals surface area contributed by atoms with Crippen LogP contribution in [0.4, 0.5) is 17.6 Å². The van der Waals surface area contributed by atoms with Gasteiger partial charge in [-0.2, -0.15) is 24.5 Å². The second kappa shape index (κ2) is 9.59. The van der Waals surface area contributed by atoms with E-state index in [9.17, 15) is 22.4 Å². The Morgan fingerprint density at radius 2 is 1.71 bits per heavy atom. The Balaban J connectivity index is 0.000000344. The normalized spacial score (nSPS) is 19.9. The van der Waals surface area contributed by atoms with Gasteiger partial charge in [-0.3, -0.25) is 9.69 Å². The molecule has 4 heterocycles. The quantitative estimate of drug-likeness (QED) is 0.545. The minimum absolute atomic E-state index is 0.0583. The zero-order valence-corrected chi connectivity index (χ0v) is 18.6. The lowest BCUT2D eigenvalue weighted by Gasteiger charge is -2.38. The first kappa shape index (κ1) is 24.0. The number of carbonyl (C=O) groups is 2. The molecular formula is C23H21F4N3O3S. The van der Waals surface area contributed by atoms with Crippen molar-refractivity contribution in [3.05, 3.63) is 82.1 Å². The van der Waals surface area contributed by atoms with E-state index >= 15 is 0 Å². The second-order valence-corrected chi connectivity index (χ2v) is 8.90. The van der Waals surface area contributed by atoms with E-state index in [1.54, 1.807) is 23.5 Å². The Kier molecular flexibility index (Phi) is 6.76. The molecule has 0 radical (unpaired) electrons. The fourth-order valence-corrected chi connectivity index (χ4v) is 4.99. The number of rotatable bonds is 4. The van der Waals surface area contributed by atoms with Crippen molar-refractivity contribution in [1.82, 2.24) is 14.4 Å². The van der Waals surface area contributed by atoms with Gasteiger partial charge in [0.25, 0.3) is 5.91 Å². The molecule has 2 atom stereocenters. The molecule has 0 aliphatic carbocycles. The number of nitrogens with zero attached hydrogens (tertiary/aromatic N) is 3. The van der Waals surface area contributed by atoms with E-state index in [1.807, 2.05) is 23.2 Å². The number of hydrogen-bond donors (Lipinski definition) is 1. The van der Waals surface area contributed by atoms with Gasteiger partial charge in [-0.25, -0.2) is 9.18 Å². The maximum atomic E-state index is 13.3. The molecule has 11 heteroatoms. The van der Waals surface area contributed by atoms with Crippen molar-refractivity contribution in [2.75, 3.05) is 13.1 Å². The van der Waals surface area contributed by atoms with Gasteiger partial charge in [0, 0.05) is 32.4 Å². The first-order valence-corrected chi connectivity index (χ1v) is 11.3. The number of hydrogen-bond acceptors (Lipinski definition) is 4. The summed E-state index contributed by atoms with van der Waals surface area (Å²) in [7, 11) is 0. The average molecular weight is 495 g/mol. The lowest BCUT2D eigenvalue weighted by molar-refractivity contribution is -0.192. The number of fused-ring (bicyclic) bond motifs is 3. The van der Waals surface area contributed by atoms with Crippen LogP contribution in [0.1, 0.15) is 27.7 Å². The molecule has 1 saturated heterocycles. The molecule has 1 N–H and O–H groups in total. The minimum Gasteiger partial charge on any atom is -0.475 e. The van der Waals surface area contributed by atoms with Crippen LogP contribution in [0.25, 0.3) is 0 Å². The SMILES string of the molecule is O=C(O)C(F)(F)F.O=C1c2cccn2C2CN(Cc3ccsc3)CC2N1Cc1ccc(F)cc1. The van der Waals surface area contributed by atoms with Crippen LogP contribution >= 0.6 is 11.3 Å². The smallest absolute Gasteiger partial charge is 0.475 e. The lowest BCUT2D eigenvalue weighted by Crippen LogP contribution is -2.49. The van der Waals surface area contributed by atoms with Gasteiger partial charge in [0.15, 0.2) is 0 Å². The van der Waals surface area contributed by atoms with Crippen LogP contribution in [0, 0.1) is 5.82 Å². The predicted molar refractivity (Wildman–Crippen MR) is 117 cm³/mol. The second-order valence-electron chi connectivity index (χ2n) is 8.12. The summed E-state index contributed by atoms with van der Waals surface area (Å²) in [5, 5.41) is 11.4. The molecular weight excluding hydrogens is 474 g/mol. The molecule has 34 heavy (non-hydrogen) atoms. The summed E-state index contributed by atoms with van der Waals surface area (Å²) < 4.78 is 47.1. The van der Waals surface area contributed by atoms with Gasteiger partial charge in [-0.15, -0.1) is 0 Å². The number of thiophene rings is 1. The van der Waals surface area contributed by atoms with Crippen molar-refractivity contribution < 1.29 is 32.3 Å². The zero-order valence-electron chi connectivity index (χ0n) is 17.8. The Morgan fingerprint density at radius 3 is 2.32 bits per heavy atom. The molecule has 2 aliphatic rings. The number of aliphatic carboxylic acids is 1. The summed E-state index contributed by atoms with van der Waals surface area (Å²) in [4.78, 5) is 26.4. The number of carboxylic acids is 1. The molecule has 2 aromatic heterocycles. The van der Waals surface area contributed by atoms with Crippen LogP contribution in [0.5, 0.6) is 0 Å². The summed E-state index contributed by atoms with van der Waals surface area (Å²) in [6, 6.07) is 12.9. The van der Waals surface area contributed by atoms with Crippen molar-refractivity contribution in [3.63, 3.8) is 0 Å². The van der Waals surface area contributed by atoms with Crippen molar-refractivity contribution in [1.29, 1.82) is 0 Å². The molecule has 1 amide bonds. The molecule has 6 nitrogen and oxygen atoms in total. The van der Waals surface area contributed by atoms with E-state index in [1.165, 1.54) is 17.7 Å². The third kappa shape index (κ3) is 5.15. The van der Waals surface area contributed by atoms with E-state index in [0.29, 0.717) is 6.54 Å². The minimum atomic E-state index is -5.08. The Morgan fingerprint density at radius 1 is 1.03 bits per heavy atom. The van der Waals surface area contributed by atoms with Gasteiger partial charge in [-0.1, -0.05) is 12.1 Å². The number of amides is 1. The first-order chi connectivity index (χ1) is 16.1. The maximum absolute atomic E-state index is 13.3. The zero-order chi connectivity index (χ0) is 24.5. The highest BCUT2D eigenvalue weighted by atomic mass is 32.1. The molecule has 1 aromatic carbocycles. The van der Waals surface area contributed by atoms with Gasteiger partial charge in [0.2, 0.25) is 0 Å². The first-order valence-electron chi connectivity index (χ1n) is 10.4. The third-order valence-electron chi connectivity index (χ3n) is 5.85. The van der Waals surface area contributed by atoms with Crippen molar-refractivity contribution >= 4 is 23.2 Å². The van der Waals surface area contributed by atoms with Crippen LogP contribution in [0.2, 0.25) is 0 Å². The van der Waals surface area contributed by atoms with E-state index < -0.39 is 12.1 Å². The molecule has 3 aromatic rings. The van der Waals surface area contributed by atoms with E-state index in [2.05, 4.69) is 26.3 Å². The van der Waals surface area contributed by atoms with Gasteiger partial charge in [-0.05, 0) is 52.2 Å². The molecule has 0 saturated carbocycles. The van der Waals surface area contributed by atoms with Crippen LogP contribution in [-0.2, 0) is 17.9 Å². The molecule has 2 aliphatic heterocycles. The summed E-state index contributed by atoms with van der Waals surface area (Å²) in [5.41, 5.74) is 3.03. The highest BCUT2D eigenvalue weighted by molar-refractivity contribution is 7.07. The fraction of sp³-hybridized carbons (Fsp3) is 0.304. The third-order valence-corrected chi connectivity index (χ3v) is 6.58. The number of halogens is 4. The molecule has 0 bridgehead atoms. The van der Waals surface area contributed by atoms with Crippen LogP contribution in [0.15, 0.2) is 59.4 Å². The number of carboxylic acid groups (broad SMARTS) is 1. The lowest BCUT2D eigenvalue weighted by atomic mass is 10.0. The van der Waals surface area contributed by atoms with Gasteiger partial charge >= 0.3 is 12.1 Å². The molecule has 0 spiro atoms. The van der Waals surface area contributed by atoms with Gasteiger partial charge < -0.3 is 14.6 Å². The molecule has 5 rings (SSSR count). The topological polar surface area (TPSA) is 65.8 Å². The maximum Gasteiger partial charge on any atom is 0.490 e. The highest BCUT2D eigenvalue weighted by Gasteiger charge is 2.44. The Bertz CT molecular complexity index is 1150. The average Bonchev–Trinajstić information content (AvgIpc) is 3.53. The summed E-state index contributed by atoms with van der Waals surface area (Å²) >= 11 is 1.72. The monoisotopic (exact) mass is 495 g/mol. The van der Waals surface area contributed by atoms with Crippen LogP contribution < -0.4 is 0 Å².